The van der Waals surface area contributed by atoms with Gasteiger partial charge in [0.1, 0.15) is 5.76 Å². The molecule has 1 saturated heterocycles. The van der Waals surface area contributed by atoms with E-state index in [4.69, 9.17) is 28.2 Å². The highest BCUT2D eigenvalue weighted by atomic mass is 35.5. The molecule has 5 nitrogen and oxygen atoms in total. The third-order valence-corrected chi connectivity index (χ3v) is 5.92. The molecule has 0 spiro atoms. The van der Waals surface area contributed by atoms with E-state index in [1.165, 1.54) is 12.8 Å². The molecule has 0 aliphatic carbocycles. The van der Waals surface area contributed by atoms with E-state index in [1.807, 2.05) is 30.3 Å². The standard InChI is InChI=1S/C24H24ClN3O2S/c1-16-12-14-28(15-13-16)20-5-3-2-4-19(20)26-24(31)27-23(29)22-11-10-21(30-22)17-6-8-18(25)9-7-17/h2-11,16H,12-15H2,1H3,(H2,26,27,29,31). The first kappa shape index (κ1) is 21.4. The molecule has 0 atom stereocenters. The Bertz CT molecular complexity index is 1070. The number of nitrogens with zero attached hydrogens (tertiary/aromatic N) is 1. The summed E-state index contributed by atoms with van der Waals surface area (Å²) in [5, 5.41) is 6.74. The van der Waals surface area contributed by atoms with Crippen molar-refractivity contribution in [2.24, 2.45) is 5.92 Å². The van der Waals surface area contributed by atoms with Gasteiger partial charge in [0.05, 0.1) is 11.4 Å². The van der Waals surface area contributed by atoms with Crippen LogP contribution in [0.4, 0.5) is 11.4 Å². The van der Waals surface area contributed by atoms with E-state index in [9.17, 15) is 4.79 Å². The van der Waals surface area contributed by atoms with Gasteiger partial charge in [-0.2, -0.15) is 0 Å². The van der Waals surface area contributed by atoms with E-state index in [2.05, 4.69) is 28.5 Å². The fraction of sp³-hybridized carbons (Fsp3) is 0.250. The second-order valence-electron chi connectivity index (χ2n) is 7.77. The van der Waals surface area contributed by atoms with Gasteiger partial charge >= 0.3 is 0 Å². The van der Waals surface area contributed by atoms with Gasteiger partial charge in [0.2, 0.25) is 0 Å². The number of thiocarbonyl (C=S) groups is 1. The number of hydrogen-bond donors (Lipinski definition) is 2. The third kappa shape index (κ3) is 5.27. The van der Waals surface area contributed by atoms with Gasteiger partial charge in [-0.25, -0.2) is 0 Å². The van der Waals surface area contributed by atoms with Crippen molar-refractivity contribution in [3.63, 3.8) is 0 Å². The van der Waals surface area contributed by atoms with E-state index in [0.717, 1.165) is 35.9 Å². The van der Waals surface area contributed by atoms with Crippen molar-refractivity contribution in [1.29, 1.82) is 0 Å². The van der Waals surface area contributed by atoms with Crippen molar-refractivity contribution < 1.29 is 9.21 Å². The number of benzene rings is 2. The second-order valence-corrected chi connectivity index (χ2v) is 8.61. The molecule has 1 aromatic heterocycles. The first-order chi connectivity index (χ1) is 15.0. The van der Waals surface area contributed by atoms with Gasteiger partial charge in [-0.1, -0.05) is 30.7 Å². The Hall–Kier alpha value is -2.83. The lowest BCUT2D eigenvalue weighted by Gasteiger charge is -2.33. The number of piperidine rings is 1. The van der Waals surface area contributed by atoms with Crippen molar-refractivity contribution in [3.05, 3.63) is 71.4 Å². The molecule has 2 aromatic carbocycles. The largest absolute Gasteiger partial charge is 0.451 e. The van der Waals surface area contributed by atoms with Crippen LogP contribution in [0.25, 0.3) is 11.3 Å². The minimum absolute atomic E-state index is 0.187. The molecule has 160 valence electrons. The maximum Gasteiger partial charge on any atom is 0.293 e. The number of nitrogens with one attached hydrogen (secondary N) is 2. The number of carbonyl (C=O) groups excluding carboxylic acids is 1. The van der Waals surface area contributed by atoms with E-state index < -0.39 is 5.91 Å². The van der Waals surface area contributed by atoms with E-state index in [0.29, 0.717) is 10.8 Å². The topological polar surface area (TPSA) is 57.5 Å². The lowest BCUT2D eigenvalue weighted by molar-refractivity contribution is 0.0951. The highest BCUT2D eigenvalue weighted by Gasteiger charge is 2.19. The number of anilines is 2. The second kappa shape index (κ2) is 9.54. The van der Waals surface area contributed by atoms with Gasteiger partial charge in [0, 0.05) is 23.7 Å². The predicted molar refractivity (Wildman–Crippen MR) is 130 cm³/mol. The molecule has 3 aromatic rings. The number of carbonyl (C=O) groups is 1. The van der Waals surface area contributed by atoms with Crippen LogP contribution in [-0.2, 0) is 0 Å². The number of amides is 1. The van der Waals surface area contributed by atoms with Crippen LogP contribution in [0, 0.1) is 5.92 Å². The lowest BCUT2D eigenvalue weighted by Crippen LogP contribution is -2.36. The first-order valence-corrected chi connectivity index (χ1v) is 11.1. The predicted octanol–water partition coefficient (Wildman–Crippen LogP) is 5.96. The van der Waals surface area contributed by atoms with E-state index in [1.54, 1.807) is 24.3 Å². The van der Waals surface area contributed by atoms with Crippen LogP contribution in [0.1, 0.15) is 30.3 Å². The monoisotopic (exact) mass is 453 g/mol. The summed E-state index contributed by atoms with van der Waals surface area (Å²) in [6.07, 6.45) is 2.34. The minimum atomic E-state index is -0.401. The van der Waals surface area contributed by atoms with Crippen molar-refractivity contribution >= 4 is 46.2 Å². The summed E-state index contributed by atoms with van der Waals surface area (Å²) < 4.78 is 5.70. The molecule has 0 unspecified atom stereocenters. The number of para-hydroxylation sites is 2. The van der Waals surface area contributed by atoms with Crippen molar-refractivity contribution in [1.82, 2.24) is 5.32 Å². The quantitative estimate of drug-likeness (QED) is 0.477. The summed E-state index contributed by atoms with van der Waals surface area (Å²) in [6, 6.07) is 18.6. The maximum atomic E-state index is 12.6. The van der Waals surface area contributed by atoms with Crippen LogP contribution in [-0.4, -0.2) is 24.1 Å². The van der Waals surface area contributed by atoms with Crippen LogP contribution in [0.2, 0.25) is 5.02 Å². The van der Waals surface area contributed by atoms with Gasteiger partial charge in [-0.3, -0.25) is 10.1 Å². The molecule has 1 aliphatic heterocycles. The van der Waals surface area contributed by atoms with Crippen molar-refractivity contribution in [2.45, 2.75) is 19.8 Å². The number of halogens is 1. The number of furan rings is 1. The molecule has 4 rings (SSSR count). The summed E-state index contributed by atoms with van der Waals surface area (Å²) in [5.41, 5.74) is 2.81. The summed E-state index contributed by atoms with van der Waals surface area (Å²) in [4.78, 5) is 15.0. The Kier molecular flexibility index (Phi) is 6.59. The molecular weight excluding hydrogens is 430 g/mol. The Morgan fingerprint density at radius 1 is 1.06 bits per heavy atom. The molecule has 1 aliphatic rings. The van der Waals surface area contributed by atoms with Gasteiger partial charge in [0.25, 0.3) is 5.91 Å². The zero-order valence-electron chi connectivity index (χ0n) is 17.2. The summed E-state index contributed by atoms with van der Waals surface area (Å²) in [5.74, 6) is 1.13. The number of hydrogen-bond acceptors (Lipinski definition) is 4. The summed E-state index contributed by atoms with van der Waals surface area (Å²) in [6.45, 7) is 4.32. The molecule has 0 radical (unpaired) electrons. The van der Waals surface area contributed by atoms with Gasteiger partial charge < -0.3 is 14.6 Å². The summed E-state index contributed by atoms with van der Waals surface area (Å²) >= 11 is 11.3. The Morgan fingerprint density at radius 3 is 2.52 bits per heavy atom. The normalized spacial score (nSPS) is 14.3. The van der Waals surface area contributed by atoms with Gasteiger partial charge in [-0.15, -0.1) is 0 Å². The van der Waals surface area contributed by atoms with Crippen LogP contribution < -0.4 is 15.5 Å². The van der Waals surface area contributed by atoms with E-state index >= 15 is 0 Å². The molecular formula is C24H24ClN3O2S. The molecule has 1 amide bonds. The van der Waals surface area contributed by atoms with Crippen LogP contribution in [0.15, 0.2) is 65.1 Å². The number of rotatable bonds is 4. The van der Waals surface area contributed by atoms with E-state index in [-0.39, 0.29) is 10.9 Å². The molecule has 7 heteroatoms. The third-order valence-electron chi connectivity index (χ3n) is 5.46. The molecule has 31 heavy (non-hydrogen) atoms. The maximum absolute atomic E-state index is 12.6. The van der Waals surface area contributed by atoms with Crippen LogP contribution in [0.5, 0.6) is 0 Å². The smallest absolute Gasteiger partial charge is 0.293 e. The Labute approximate surface area is 192 Å². The van der Waals surface area contributed by atoms with Crippen molar-refractivity contribution in [2.75, 3.05) is 23.3 Å². The average Bonchev–Trinajstić information content (AvgIpc) is 3.26. The molecule has 2 N–H and O–H groups in total. The fourth-order valence-electron chi connectivity index (χ4n) is 3.65. The SMILES string of the molecule is CC1CCN(c2ccccc2NC(=S)NC(=O)c2ccc(-c3ccc(Cl)cc3)o2)CC1. The van der Waals surface area contributed by atoms with Gasteiger partial charge in [-0.05, 0) is 79.5 Å². The minimum Gasteiger partial charge on any atom is -0.451 e. The first-order valence-electron chi connectivity index (χ1n) is 10.3. The molecule has 0 saturated carbocycles. The zero-order valence-corrected chi connectivity index (χ0v) is 18.8. The zero-order chi connectivity index (χ0) is 21.8. The van der Waals surface area contributed by atoms with Crippen LogP contribution in [0.3, 0.4) is 0 Å². The van der Waals surface area contributed by atoms with Gasteiger partial charge in [0.15, 0.2) is 10.9 Å². The van der Waals surface area contributed by atoms with Crippen molar-refractivity contribution in [3.8, 4) is 11.3 Å². The lowest BCUT2D eigenvalue weighted by atomic mass is 9.98. The summed E-state index contributed by atoms with van der Waals surface area (Å²) in [7, 11) is 0. The highest BCUT2D eigenvalue weighted by molar-refractivity contribution is 7.80. The molecule has 0 bridgehead atoms. The highest BCUT2D eigenvalue weighted by Crippen LogP contribution is 2.29. The fourth-order valence-corrected chi connectivity index (χ4v) is 3.98. The molecule has 2 heterocycles. The van der Waals surface area contributed by atoms with Crippen LogP contribution >= 0.6 is 23.8 Å². The molecule has 1 fully saturated rings. The average molecular weight is 454 g/mol. The Balaban J connectivity index is 1.40. The Morgan fingerprint density at radius 2 is 1.77 bits per heavy atom.